The maximum atomic E-state index is 11.1. The molecular formula is C12H13N3O3S. The molecule has 0 unspecified atom stereocenters. The van der Waals surface area contributed by atoms with Crippen molar-refractivity contribution in [2.75, 3.05) is 18.4 Å². The third kappa shape index (κ3) is 3.47. The predicted octanol–water partition coefficient (Wildman–Crippen LogP) is 1.96. The van der Waals surface area contributed by atoms with Gasteiger partial charge in [-0.2, -0.15) is 0 Å². The van der Waals surface area contributed by atoms with Crippen molar-refractivity contribution in [3.63, 3.8) is 0 Å². The number of ketones is 1. The van der Waals surface area contributed by atoms with Gasteiger partial charge in [0.1, 0.15) is 5.78 Å². The first-order chi connectivity index (χ1) is 9.06. The van der Waals surface area contributed by atoms with Crippen molar-refractivity contribution in [2.24, 2.45) is 0 Å². The maximum Gasteiger partial charge on any atom is 0.269 e. The number of hydrogen-bond acceptors (Lipinski definition) is 4. The molecule has 1 aromatic rings. The molecule has 19 heavy (non-hydrogen) atoms. The summed E-state index contributed by atoms with van der Waals surface area (Å²) >= 11 is 5.25. The molecule has 0 aliphatic carbocycles. The number of Topliss-reactive ketones (excluding diaryl/α,β-unsaturated/α-hetero) is 1. The molecule has 7 heteroatoms. The van der Waals surface area contributed by atoms with Crippen LogP contribution in [0.25, 0.3) is 0 Å². The number of nitrogens with zero attached hydrogens (tertiary/aromatic N) is 2. The first-order valence-electron chi connectivity index (χ1n) is 5.88. The highest BCUT2D eigenvalue weighted by Gasteiger charge is 2.18. The molecule has 0 spiro atoms. The van der Waals surface area contributed by atoms with E-state index in [0.717, 1.165) is 0 Å². The van der Waals surface area contributed by atoms with Gasteiger partial charge < -0.3 is 10.2 Å². The normalized spacial score (nSPS) is 15.2. The number of hydrogen-bond donors (Lipinski definition) is 1. The standard InChI is InChI=1S/C12H13N3O3S/c16-11-5-7-14(8-6-11)12(19)13-9-1-3-10(4-2-9)15(17)18/h1-4H,5-8H2,(H,13,19). The number of nitro benzene ring substituents is 1. The second kappa shape index (κ2) is 5.75. The molecule has 1 heterocycles. The van der Waals surface area contributed by atoms with Crippen LogP contribution < -0.4 is 5.32 Å². The fraction of sp³-hybridized carbons (Fsp3) is 0.333. The molecule has 1 saturated heterocycles. The number of nitro groups is 1. The highest BCUT2D eigenvalue weighted by molar-refractivity contribution is 7.80. The van der Waals surface area contributed by atoms with Gasteiger partial charge >= 0.3 is 0 Å². The summed E-state index contributed by atoms with van der Waals surface area (Å²) in [6.45, 7) is 1.25. The van der Waals surface area contributed by atoms with E-state index in [1.807, 2.05) is 4.90 Å². The molecule has 0 saturated carbocycles. The minimum atomic E-state index is -0.446. The lowest BCUT2D eigenvalue weighted by Crippen LogP contribution is -2.40. The second-order valence-corrected chi connectivity index (χ2v) is 4.65. The molecule has 0 aromatic heterocycles. The summed E-state index contributed by atoms with van der Waals surface area (Å²) in [5.41, 5.74) is 0.743. The molecule has 6 nitrogen and oxygen atoms in total. The average molecular weight is 279 g/mol. The Labute approximate surface area is 115 Å². The van der Waals surface area contributed by atoms with Crippen molar-refractivity contribution in [1.29, 1.82) is 0 Å². The number of anilines is 1. The zero-order valence-corrected chi connectivity index (χ0v) is 11.0. The van der Waals surface area contributed by atoms with Gasteiger partial charge in [-0.3, -0.25) is 14.9 Å². The molecule has 0 bridgehead atoms. The van der Waals surface area contributed by atoms with Gasteiger partial charge in [-0.25, -0.2) is 0 Å². The Kier molecular flexibility index (Phi) is 4.06. The van der Waals surface area contributed by atoms with Gasteiger partial charge in [-0.05, 0) is 24.4 Å². The van der Waals surface area contributed by atoms with E-state index in [2.05, 4.69) is 5.32 Å². The predicted molar refractivity (Wildman–Crippen MR) is 75.1 cm³/mol. The summed E-state index contributed by atoms with van der Waals surface area (Å²) in [5.74, 6) is 0.259. The van der Waals surface area contributed by atoms with E-state index in [0.29, 0.717) is 36.7 Å². The third-order valence-electron chi connectivity index (χ3n) is 2.94. The van der Waals surface area contributed by atoms with Crippen LogP contribution in [-0.2, 0) is 4.79 Å². The Morgan fingerprint density at radius 1 is 1.26 bits per heavy atom. The van der Waals surface area contributed by atoms with Crippen molar-refractivity contribution in [2.45, 2.75) is 12.8 Å². The Bertz CT molecular complexity index is 505. The Morgan fingerprint density at radius 2 is 1.84 bits per heavy atom. The maximum absolute atomic E-state index is 11.1. The molecule has 1 aliphatic rings. The van der Waals surface area contributed by atoms with Crippen LogP contribution in [0.3, 0.4) is 0 Å². The van der Waals surface area contributed by atoms with Gasteiger partial charge in [0.2, 0.25) is 0 Å². The minimum absolute atomic E-state index is 0.0417. The highest BCUT2D eigenvalue weighted by Crippen LogP contribution is 2.16. The number of piperidine rings is 1. The van der Waals surface area contributed by atoms with Crippen molar-refractivity contribution < 1.29 is 9.72 Å². The lowest BCUT2D eigenvalue weighted by atomic mass is 10.1. The highest BCUT2D eigenvalue weighted by atomic mass is 32.1. The summed E-state index contributed by atoms with van der Waals surface area (Å²) in [6, 6.07) is 6.06. The van der Waals surface area contributed by atoms with E-state index in [9.17, 15) is 14.9 Å². The van der Waals surface area contributed by atoms with Gasteiger partial charge in [0, 0.05) is 43.8 Å². The molecule has 0 amide bonds. The van der Waals surface area contributed by atoms with Gasteiger partial charge in [0.05, 0.1) is 4.92 Å². The minimum Gasteiger partial charge on any atom is -0.348 e. The number of nitrogens with one attached hydrogen (secondary N) is 1. The smallest absolute Gasteiger partial charge is 0.269 e. The molecule has 1 aromatic carbocycles. The fourth-order valence-electron chi connectivity index (χ4n) is 1.83. The number of carbonyl (C=O) groups excluding carboxylic acids is 1. The number of benzene rings is 1. The molecule has 0 atom stereocenters. The fourth-order valence-corrected chi connectivity index (χ4v) is 2.13. The summed E-state index contributed by atoms with van der Waals surface area (Å²) in [4.78, 5) is 23.2. The summed E-state index contributed by atoms with van der Waals surface area (Å²) < 4.78 is 0. The van der Waals surface area contributed by atoms with E-state index >= 15 is 0 Å². The van der Waals surface area contributed by atoms with Crippen LogP contribution >= 0.6 is 12.2 Å². The zero-order valence-electron chi connectivity index (χ0n) is 10.2. The van der Waals surface area contributed by atoms with E-state index in [1.165, 1.54) is 12.1 Å². The first-order valence-corrected chi connectivity index (χ1v) is 6.29. The SMILES string of the molecule is O=C1CCN(C(=S)Nc2ccc([N+](=O)[O-])cc2)CC1. The van der Waals surface area contributed by atoms with Crippen LogP contribution in [0.4, 0.5) is 11.4 Å². The molecular weight excluding hydrogens is 266 g/mol. The van der Waals surface area contributed by atoms with E-state index in [1.54, 1.807) is 12.1 Å². The quantitative estimate of drug-likeness (QED) is 0.506. The Morgan fingerprint density at radius 3 is 2.37 bits per heavy atom. The lowest BCUT2D eigenvalue weighted by molar-refractivity contribution is -0.384. The third-order valence-corrected chi connectivity index (χ3v) is 3.30. The molecule has 100 valence electrons. The van der Waals surface area contributed by atoms with E-state index in [4.69, 9.17) is 12.2 Å². The number of thiocarbonyl (C=S) groups is 1. The van der Waals surface area contributed by atoms with Crippen LogP contribution in [0, 0.1) is 10.1 Å². The topological polar surface area (TPSA) is 75.5 Å². The molecule has 1 fully saturated rings. The van der Waals surface area contributed by atoms with Crippen LogP contribution in [0.2, 0.25) is 0 Å². The number of non-ortho nitro benzene ring substituents is 1. The van der Waals surface area contributed by atoms with Crippen LogP contribution in [-0.4, -0.2) is 33.8 Å². The lowest BCUT2D eigenvalue weighted by Gasteiger charge is -2.28. The largest absolute Gasteiger partial charge is 0.348 e. The van der Waals surface area contributed by atoms with Gasteiger partial charge in [0.25, 0.3) is 5.69 Å². The van der Waals surface area contributed by atoms with Crippen molar-refractivity contribution in [3.05, 3.63) is 34.4 Å². The molecule has 1 aliphatic heterocycles. The first kappa shape index (κ1) is 13.4. The molecule has 2 rings (SSSR count). The van der Waals surface area contributed by atoms with Crippen LogP contribution in [0.15, 0.2) is 24.3 Å². The van der Waals surface area contributed by atoms with Gasteiger partial charge in [-0.15, -0.1) is 0 Å². The molecule has 0 radical (unpaired) electrons. The number of rotatable bonds is 2. The van der Waals surface area contributed by atoms with E-state index < -0.39 is 4.92 Å². The summed E-state index contributed by atoms with van der Waals surface area (Å²) in [7, 11) is 0. The van der Waals surface area contributed by atoms with Crippen molar-refractivity contribution in [1.82, 2.24) is 4.90 Å². The van der Waals surface area contributed by atoms with Crippen LogP contribution in [0.5, 0.6) is 0 Å². The van der Waals surface area contributed by atoms with Gasteiger partial charge in [-0.1, -0.05) is 0 Å². The van der Waals surface area contributed by atoms with Crippen molar-refractivity contribution in [3.8, 4) is 0 Å². The Balaban J connectivity index is 1.95. The molecule has 1 N–H and O–H groups in total. The van der Waals surface area contributed by atoms with Crippen LogP contribution in [0.1, 0.15) is 12.8 Å². The van der Waals surface area contributed by atoms with Gasteiger partial charge in [0.15, 0.2) is 5.11 Å². The summed E-state index contributed by atoms with van der Waals surface area (Å²) in [6.07, 6.45) is 1.03. The number of carbonyl (C=O) groups is 1. The monoisotopic (exact) mass is 279 g/mol. The average Bonchev–Trinajstić information content (AvgIpc) is 2.40. The summed E-state index contributed by atoms with van der Waals surface area (Å²) in [5, 5.41) is 14.1. The Hall–Kier alpha value is -2.02. The van der Waals surface area contributed by atoms with E-state index in [-0.39, 0.29) is 11.5 Å². The zero-order chi connectivity index (χ0) is 13.8. The number of likely N-dealkylation sites (tertiary alicyclic amines) is 1. The van der Waals surface area contributed by atoms with Crippen molar-refractivity contribution >= 4 is 34.5 Å². The second-order valence-electron chi connectivity index (χ2n) is 4.26.